The lowest BCUT2D eigenvalue weighted by Gasteiger charge is -2.31. The van der Waals surface area contributed by atoms with Gasteiger partial charge in [0.25, 0.3) is 0 Å². The minimum atomic E-state index is -0.209. The Morgan fingerprint density at radius 3 is 2.20 bits per heavy atom. The topological polar surface area (TPSA) is 32.7 Å². The molecule has 25 heavy (non-hydrogen) atoms. The van der Waals surface area contributed by atoms with Crippen LogP contribution >= 0.6 is 12.4 Å². The van der Waals surface area contributed by atoms with Gasteiger partial charge in [0.15, 0.2) is 0 Å². The highest BCUT2D eigenvalue weighted by atomic mass is 35.5. The smallest absolute Gasteiger partial charge is 0.123 e. The molecular weight excluding hydrogens is 341 g/mol. The van der Waals surface area contributed by atoms with E-state index in [-0.39, 0.29) is 18.2 Å². The van der Waals surface area contributed by atoms with E-state index in [0.29, 0.717) is 18.3 Å². The highest BCUT2D eigenvalue weighted by Gasteiger charge is 2.19. The van der Waals surface area contributed by atoms with Crippen molar-refractivity contribution < 1.29 is 14.2 Å². The number of phenolic OH excluding ortho intramolecular Hbond substituents is 1. The average Bonchev–Trinajstić information content (AvgIpc) is 2.60. The molecule has 0 amide bonds. The van der Waals surface area contributed by atoms with Gasteiger partial charge in [0.2, 0.25) is 0 Å². The van der Waals surface area contributed by atoms with Crippen molar-refractivity contribution in [2.45, 2.75) is 26.0 Å². The van der Waals surface area contributed by atoms with E-state index in [1.807, 2.05) is 12.1 Å². The van der Waals surface area contributed by atoms with Gasteiger partial charge in [0, 0.05) is 13.2 Å². The number of hydrogen-bond acceptors (Lipinski definition) is 3. The van der Waals surface area contributed by atoms with Crippen LogP contribution < -0.4 is 0 Å². The Kier molecular flexibility index (Phi) is 7.69. The highest BCUT2D eigenvalue weighted by molar-refractivity contribution is 5.85. The van der Waals surface area contributed by atoms with Crippen molar-refractivity contribution in [1.29, 1.82) is 0 Å². The molecule has 1 fully saturated rings. The van der Waals surface area contributed by atoms with Gasteiger partial charge in [0.1, 0.15) is 11.6 Å². The van der Waals surface area contributed by atoms with Gasteiger partial charge in [-0.2, -0.15) is 0 Å². The molecular formula is C20H25ClFNO2. The highest BCUT2D eigenvalue weighted by Crippen LogP contribution is 2.20. The summed E-state index contributed by atoms with van der Waals surface area (Å²) in [7, 11) is 0. The second kappa shape index (κ2) is 9.76. The van der Waals surface area contributed by atoms with E-state index in [4.69, 9.17) is 4.74 Å². The molecule has 1 aliphatic rings. The SMILES string of the molecule is Cl.Oc1ccc(CN2CCC(COCc3ccc(F)cc3)CC2)cc1. The van der Waals surface area contributed by atoms with Crippen molar-refractivity contribution in [2.24, 2.45) is 5.92 Å². The number of aromatic hydroxyl groups is 1. The molecule has 136 valence electrons. The fourth-order valence-corrected chi connectivity index (χ4v) is 3.09. The molecule has 0 saturated carbocycles. The van der Waals surface area contributed by atoms with Gasteiger partial charge in [-0.25, -0.2) is 4.39 Å². The Hall–Kier alpha value is -1.62. The molecule has 0 aliphatic carbocycles. The van der Waals surface area contributed by atoms with Crippen molar-refractivity contribution in [2.75, 3.05) is 19.7 Å². The molecule has 1 saturated heterocycles. The molecule has 3 rings (SSSR count). The summed E-state index contributed by atoms with van der Waals surface area (Å²) in [4.78, 5) is 2.45. The molecule has 2 aromatic carbocycles. The van der Waals surface area contributed by atoms with Gasteiger partial charge in [-0.3, -0.25) is 4.90 Å². The summed E-state index contributed by atoms with van der Waals surface area (Å²) in [5.41, 5.74) is 2.25. The fraction of sp³-hybridized carbons (Fsp3) is 0.400. The number of nitrogens with zero attached hydrogens (tertiary/aromatic N) is 1. The van der Waals surface area contributed by atoms with Crippen LogP contribution in [0.4, 0.5) is 4.39 Å². The first-order valence-corrected chi connectivity index (χ1v) is 8.51. The van der Waals surface area contributed by atoms with Gasteiger partial charge in [-0.1, -0.05) is 24.3 Å². The third kappa shape index (κ3) is 6.31. The monoisotopic (exact) mass is 365 g/mol. The van der Waals surface area contributed by atoms with E-state index in [0.717, 1.165) is 44.6 Å². The summed E-state index contributed by atoms with van der Waals surface area (Å²) >= 11 is 0. The zero-order valence-corrected chi connectivity index (χ0v) is 15.1. The lowest BCUT2D eigenvalue weighted by Crippen LogP contribution is -2.34. The standard InChI is InChI=1S/C20H24FNO2.ClH/c21-19-5-1-17(2-6-19)14-24-15-18-9-11-22(12-10-18)13-16-3-7-20(23)8-4-16;/h1-8,18,23H,9-15H2;1H. The van der Waals surface area contributed by atoms with Crippen molar-refractivity contribution in [3.8, 4) is 5.75 Å². The number of benzene rings is 2. The van der Waals surface area contributed by atoms with Crippen LogP contribution in [0.25, 0.3) is 0 Å². The first-order valence-electron chi connectivity index (χ1n) is 8.51. The van der Waals surface area contributed by atoms with Gasteiger partial charge in [-0.15, -0.1) is 12.4 Å². The fourth-order valence-electron chi connectivity index (χ4n) is 3.09. The maximum absolute atomic E-state index is 12.9. The maximum atomic E-state index is 12.9. The summed E-state index contributed by atoms with van der Waals surface area (Å²) < 4.78 is 18.7. The van der Waals surface area contributed by atoms with Crippen LogP contribution in [0.15, 0.2) is 48.5 Å². The quantitative estimate of drug-likeness (QED) is 0.824. The predicted molar refractivity (Wildman–Crippen MR) is 99.4 cm³/mol. The van der Waals surface area contributed by atoms with Crippen LogP contribution in [0.2, 0.25) is 0 Å². The summed E-state index contributed by atoms with van der Waals surface area (Å²) in [6.45, 7) is 4.40. The van der Waals surface area contributed by atoms with Crippen molar-refractivity contribution in [1.82, 2.24) is 4.90 Å². The van der Waals surface area contributed by atoms with E-state index in [1.54, 1.807) is 24.3 Å². The Morgan fingerprint density at radius 2 is 1.56 bits per heavy atom. The maximum Gasteiger partial charge on any atom is 0.123 e. The second-order valence-electron chi connectivity index (χ2n) is 6.53. The number of piperidine rings is 1. The van der Waals surface area contributed by atoms with Gasteiger partial charge < -0.3 is 9.84 Å². The molecule has 0 spiro atoms. The van der Waals surface area contributed by atoms with E-state index in [9.17, 15) is 9.50 Å². The number of hydrogen-bond donors (Lipinski definition) is 1. The number of ether oxygens (including phenoxy) is 1. The minimum absolute atomic E-state index is 0. The third-order valence-electron chi connectivity index (χ3n) is 4.59. The molecule has 1 heterocycles. The van der Waals surface area contributed by atoms with Crippen LogP contribution in [0.1, 0.15) is 24.0 Å². The van der Waals surface area contributed by atoms with Crippen molar-refractivity contribution in [3.63, 3.8) is 0 Å². The zero-order chi connectivity index (χ0) is 16.8. The molecule has 0 bridgehead atoms. The first kappa shape index (κ1) is 19.7. The lowest BCUT2D eigenvalue weighted by atomic mass is 9.97. The van der Waals surface area contributed by atoms with Crippen LogP contribution in [-0.4, -0.2) is 29.7 Å². The minimum Gasteiger partial charge on any atom is -0.508 e. The molecule has 3 nitrogen and oxygen atoms in total. The summed E-state index contributed by atoms with van der Waals surface area (Å²) in [6.07, 6.45) is 2.28. The Morgan fingerprint density at radius 1 is 0.960 bits per heavy atom. The Bertz CT molecular complexity index is 625. The van der Waals surface area contributed by atoms with Crippen LogP contribution in [0.3, 0.4) is 0 Å². The second-order valence-corrected chi connectivity index (χ2v) is 6.53. The first-order chi connectivity index (χ1) is 11.7. The van der Waals surface area contributed by atoms with Gasteiger partial charge in [-0.05, 0) is 67.2 Å². The van der Waals surface area contributed by atoms with Gasteiger partial charge in [0.05, 0.1) is 6.61 Å². The third-order valence-corrected chi connectivity index (χ3v) is 4.59. The van der Waals surface area contributed by atoms with E-state index < -0.39 is 0 Å². The molecule has 0 aromatic heterocycles. The number of phenols is 1. The molecule has 0 radical (unpaired) electrons. The Labute approximate surface area is 154 Å². The average molecular weight is 366 g/mol. The Balaban J connectivity index is 0.00000225. The van der Waals surface area contributed by atoms with Crippen LogP contribution in [-0.2, 0) is 17.9 Å². The lowest BCUT2D eigenvalue weighted by molar-refractivity contribution is 0.0562. The summed E-state index contributed by atoms with van der Waals surface area (Å²) in [5, 5.41) is 9.33. The van der Waals surface area contributed by atoms with E-state index >= 15 is 0 Å². The predicted octanol–water partition coefficient (Wildman–Crippen LogP) is 4.38. The number of rotatable bonds is 6. The normalized spacial score (nSPS) is 15.7. The molecule has 1 N–H and O–H groups in total. The van der Waals surface area contributed by atoms with Crippen molar-refractivity contribution >= 4 is 12.4 Å². The summed E-state index contributed by atoms with van der Waals surface area (Å²) in [5.74, 6) is 0.706. The van der Waals surface area contributed by atoms with Gasteiger partial charge >= 0.3 is 0 Å². The largest absolute Gasteiger partial charge is 0.508 e. The zero-order valence-electron chi connectivity index (χ0n) is 14.2. The van der Waals surface area contributed by atoms with E-state index in [2.05, 4.69) is 4.90 Å². The molecule has 0 atom stereocenters. The molecule has 0 unspecified atom stereocenters. The van der Waals surface area contributed by atoms with Crippen LogP contribution in [0.5, 0.6) is 5.75 Å². The molecule has 5 heteroatoms. The van der Waals surface area contributed by atoms with Crippen molar-refractivity contribution in [3.05, 3.63) is 65.5 Å². The number of halogens is 2. The summed E-state index contributed by atoms with van der Waals surface area (Å²) in [6, 6.07) is 13.9. The van der Waals surface area contributed by atoms with E-state index in [1.165, 1.54) is 17.7 Å². The number of likely N-dealkylation sites (tertiary alicyclic amines) is 1. The van der Waals surface area contributed by atoms with Crippen LogP contribution in [0, 0.1) is 11.7 Å². The molecule has 2 aromatic rings. The molecule has 1 aliphatic heterocycles.